The molecule has 66 heavy (non-hydrogen) atoms. The van der Waals surface area contributed by atoms with Crippen molar-refractivity contribution in [2.24, 2.45) is 0 Å². The van der Waals surface area contributed by atoms with E-state index in [1.54, 1.807) is 0 Å². The number of unbranched alkanes of at least 4 members (excludes halogenated alkanes) is 12. The van der Waals surface area contributed by atoms with Gasteiger partial charge >= 0.3 is 5.97 Å². The van der Waals surface area contributed by atoms with Crippen molar-refractivity contribution in [2.75, 3.05) is 33.0 Å². The highest BCUT2D eigenvalue weighted by Gasteiger charge is 2.47. The minimum absolute atomic E-state index is 0.0363. The molecule has 11 unspecified atom stereocenters. The van der Waals surface area contributed by atoms with Gasteiger partial charge in [0.2, 0.25) is 0 Å². The van der Waals surface area contributed by atoms with Crippen LogP contribution in [0.1, 0.15) is 149 Å². The molecule has 0 aromatic rings. The van der Waals surface area contributed by atoms with Crippen LogP contribution in [0.4, 0.5) is 0 Å². The van der Waals surface area contributed by atoms with Gasteiger partial charge in [-0.2, -0.15) is 0 Å². The van der Waals surface area contributed by atoms with E-state index in [4.69, 9.17) is 28.4 Å². The van der Waals surface area contributed by atoms with Crippen molar-refractivity contribution in [3.63, 3.8) is 0 Å². The Balaban J connectivity index is 1.77. The molecular formula is C52H88O14. The summed E-state index contributed by atoms with van der Waals surface area (Å²) in [5.41, 5.74) is 0. The van der Waals surface area contributed by atoms with E-state index in [-0.39, 0.29) is 19.6 Å². The fourth-order valence-electron chi connectivity index (χ4n) is 7.40. The van der Waals surface area contributed by atoms with Gasteiger partial charge in [0.25, 0.3) is 0 Å². The summed E-state index contributed by atoms with van der Waals surface area (Å²) < 4.78 is 34.2. The summed E-state index contributed by atoms with van der Waals surface area (Å²) in [7, 11) is 0. The maximum atomic E-state index is 12.9. The molecule has 0 aromatic heterocycles. The molecule has 0 aliphatic carbocycles. The highest BCUT2D eigenvalue weighted by atomic mass is 16.7. The van der Waals surface area contributed by atoms with Crippen LogP contribution in [0.25, 0.3) is 0 Å². The molecule has 11 atom stereocenters. The molecule has 0 aromatic carbocycles. The van der Waals surface area contributed by atoms with Crippen molar-refractivity contribution >= 4 is 5.97 Å². The highest BCUT2D eigenvalue weighted by molar-refractivity contribution is 5.69. The molecule has 7 N–H and O–H groups in total. The lowest BCUT2D eigenvalue weighted by Gasteiger charge is -2.42. The Hall–Kier alpha value is -2.57. The van der Waals surface area contributed by atoms with Gasteiger partial charge in [0, 0.05) is 13.0 Å². The second kappa shape index (κ2) is 39.3. The standard InChI is InChI=1S/C52H88O14/c1-3-5-7-9-11-13-15-16-17-18-19-20-21-22-23-24-25-26-28-30-32-34-36-61-38-41(64-44(54)35-33-31-29-27-14-12-10-8-6-4-2)39-62-51-50(60)48(58)46(56)43(66-51)40-63-52-49(59)47(57)45(55)42(37-53)65-52/h5,7,11,13,16-17,19-20,22-23,25-26,41-43,45-53,55-60H,3-4,6,8-10,12,14-15,18,21,24,27-40H2,1-2H3/b7-5-,13-11-,17-16-,20-19-,23-22-,26-25-. The van der Waals surface area contributed by atoms with Gasteiger partial charge in [-0.3, -0.25) is 4.79 Å². The predicted octanol–water partition coefficient (Wildman–Crippen LogP) is 7.12. The predicted molar refractivity (Wildman–Crippen MR) is 256 cm³/mol. The zero-order valence-electron chi connectivity index (χ0n) is 40.2. The molecule has 2 fully saturated rings. The Morgan fingerprint density at radius 3 is 1.53 bits per heavy atom. The Labute approximate surface area is 396 Å². The number of hydrogen-bond acceptors (Lipinski definition) is 14. The Bertz CT molecular complexity index is 1360. The maximum Gasteiger partial charge on any atom is 0.306 e. The van der Waals surface area contributed by atoms with Crippen LogP contribution in [0.3, 0.4) is 0 Å². The first-order valence-corrected chi connectivity index (χ1v) is 25.0. The average molecular weight is 937 g/mol. The molecule has 0 radical (unpaired) electrons. The van der Waals surface area contributed by atoms with Crippen LogP contribution < -0.4 is 0 Å². The summed E-state index contributed by atoms with van der Waals surface area (Å²) in [6.07, 6.45) is 31.2. The summed E-state index contributed by atoms with van der Waals surface area (Å²) in [6, 6.07) is 0. The van der Waals surface area contributed by atoms with Crippen molar-refractivity contribution in [1.29, 1.82) is 0 Å². The third-order valence-corrected chi connectivity index (χ3v) is 11.5. The first-order valence-electron chi connectivity index (χ1n) is 25.0. The van der Waals surface area contributed by atoms with Crippen molar-refractivity contribution in [2.45, 2.75) is 216 Å². The largest absolute Gasteiger partial charge is 0.457 e. The van der Waals surface area contributed by atoms with E-state index in [1.807, 2.05) is 0 Å². The van der Waals surface area contributed by atoms with E-state index < -0.39 is 86.7 Å². The van der Waals surface area contributed by atoms with Gasteiger partial charge in [-0.05, 0) is 64.2 Å². The van der Waals surface area contributed by atoms with Gasteiger partial charge in [0.15, 0.2) is 12.6 Å². The Morgan fingerprint density at radius 1 is 0.515 bits per heavy atom. The normalized spacial score (nSPS) is 26.9. The van der Waals surface area contributed by atoms with Gasteiger partial charge in [0.1, 0.15) is 54.9 Å². The molecule has 380 valence electrons. The number of rotatable bonds is 38. The van der Waals surface area contributed by atoms with Crippen LogP contribution in [-0.4, -0.2) is 142 Å². The van der Waals surface area contributed by atoms with Crippen molar-refractivity contribution in [3.05, 3.63) is 72.9 Å². The van der Waals surface area contributed by atoms with Crippen LogP contribution in [0.2, 0.25) is 0 Å². The summed E-state index contributed by atoms with van der Waals surface area (Å²) >= 11 is 0. The molecular weight excluding hydrogens is 849 g/mol. The topological polar surface area (TPSA) is 214 Å². The SMILES string of the molecule is CC/C=C\C/C=C\C/C=C\C/C=C\C/C=C\C/C=C\CCCCCOCC(COC1OC(COC2OC(CO)C(O)C(O)C2O)C(O)C(O)C1O)OC(=O)CCCCCCCCCCCC. The lowest BCUT2D eigenvalue weighted by atomic mass is 9.98. The van der Waals surface area contributed by atoms with Crippen molar-refractivity contribution in [3.8, 4) is 0 Å². The third kappa shape index (κ3) is 26.8. The number of esters is 1. The summed E-state index contributed by atoms with van der Waals surface area (Å²) in [6.45, 7) is 3.45. The van der Waals surface area contributed by atoms with Gasteiger partial charge in [-0.25, -0.2) is 0 Å². The number of hydrogen-bond donors (Lipinski definition) is 7. The summed E-state index contributed by atoms with van der Waals surface area (Å²) in [5, 5.41) is 72.0. The van der Waals surface area contributed by atoms with Crippen LogP contribution in [0.15, 0.2) is 72.9 Å². The van der Waals surface area contributed by atoms with Crippen LogP contribution in [0, 0.1) is 0 Å². The van der Waals surface area contributed by atoms with Gasteiger partial charge in [0.05, 0.1) is 26.4 Å². The van der Waals surface area contributed by atoms with E-state index in [2.05, 4.69) is 86.8 Å². The van der Waals surface area contributed by atoms with Gasteiger partial charge < -0.3 is 64.2 Å². The first-order chi connectivity index (χ1) is 32.1. The minimum atomic E-state index is -1.71. The Kier molecular flexibility index (Phi) is 35.5. The van der Waals surface area contributed by atoms with Crippen LogP contribution >= 0.6 is 0 Å². The molecule has 0 bridgehead atoms. The minimum Gasteiger partial charge on any atom is -0.457 e. The molecule has 0 amide bonds. The monoisotopic (exact) mass is 937 g/mol. The Morgan fingerprint density at radius 2 is 0.985 bits per heavy atom. The molecule has 2 aliphatic rings. The maximum absolute atomic E-state index is 12.9. The fraction of sp³-hybridized carbons (Fsp3) is 0.750. The quantitative estimate of drug-likeness (QED) is 0.0187. The number of carbonyl (C=O) groups excluding carboxylic acids is 1. The number of aliphatic hydroxyl groups is 7. The first kappa shape index (κ1) is 59.6. The molecule has 2 saturated heterocycles. The summed E-state index contributed by atoms with van der Waals surface area (Å²) in [4.78, 5) is 12.9. The van der Waals surface area contributed by atoms with Crippen molar-refractivity contribution in [1.82, 2.24) is 0 Å². The average Bonchev–Trinajstić information content (AvgIpc) is 3.31. The molecule has 14 heteroatoms. The molecule has 0 spiro atoms. The summed E-state index contributed by atoms with van der Waals surface area (Å²) in [5.74, 6) is -0.394. The van der Waals surface area contributed by atoms with E-state index in [0.29, 0.717) is 13.0 Å². The second-order valence-electron chi connectivity index (χ2n) is 17.3. The van der Waals surface area contributed by atoms with Crippen molar-refractivity contribution < 1.29 is 69.0 Å². The van der Waals surface area contributed by atoms with E-state index in [1.165, 1.54) is 38.5 Å². The third-order valence-electron chi connectivity index (χ3n) is 11.5. The smallest absolute Gasteiger partial charge is 0.306 e. The second-order valence-corrected chi connectivity index (χ2v) is 17.3. The number of aliphatic hydroxyl groups excluding tert-OH is 7. The highest BCUT2D eigenvalue weighted by Crippen LogP contribution is 2.26. The van der Waals surface area contributed by atoms with Gasteiger partial charge in [-0.15, -0.1) is 0 Å². The zero-order valence-corrected chi connectivity index (χ0v) is 40.2. The molecule has 0 saturated carbocycles. The lowest BCUT2D eigenvalue weighted by Crippen LogP contribution is -2.61. The van der Waals surface area contributed by atoms with E-state index in [0.717, 1.165) is 83.5 Å². The van der Waals surface area contributed by atoms with Crippen LogP contribution in [0.5, 0.6) is 0 Å². The van der Waals surface area contributed by atoms with E-state index >= 15 is 0 Å². The van der Waals surface area contributed by atoms with E-state index in [9.17, 15) is 40.5 Å². The van der Waals surface area contributed by atoms with Gasteiger partial charge in [-0.1, -0.05) is 151 Å². The lowest BCUT2D eigenvalue weighted by molar-refractivity contribution is -0.332. The molecule has 14 nitrogen and oxygen atoms in total. The number of allylic oxidation sites excluding steroid dienone is 12. The zero-order chi connectivity index (χ0) is 48.0. The fourth-order valence-corrected chi connectivity index (χ4v) is 7.40. The van der Waals surface area contributed by atoms with Crippen LogP contribution in [-0.2, 0) is 33.2 Å². The molecule has 2 aliphatic heterocycles. The number of ether oxygens (including phenoxy) is 6. The number of carbonyl (C=O) groups is 1. The molecule has 2 rings (SSSR count). The molecule has 2 heterocycles.